The number of ether oxygens (including phenoxy) is 2. The smallest absolute Gasteiger partial charge is 0.308 e. The fraction of sp³-hybridized carbons (Fsp3) is 0.923. The minimum absolute atomic E-state index is 0.0251. The lowest BCUT2D eigenvalue weighted by molar-refractivity contribution is -0.147. The SMILES string of the molecule is CCC(CCCCCCCCCCCCCCCCC(=O)OC)C(CC)C(=O)OC. The van der Waals surface area contributed by atoms with Gasteiger partial charge in [0, 0.05) is 6.42 Å². The van der Waals surface area contributed by atoms with Crippen molar-refractivity contribution in [2.75, 3.05) is 14.2 Å². The number of hydrogen-bond acceptors (Lipinski definition) is 4. The lowest BCUT2D eigenvalue weighted by Gasteiger charge is -2.22. The van der Waals surface area contributed by atoms with Crippen LogP contribution in [0.2, 0.25) is 0 Å². The zero-order chi connectivity index (χ0) is 22.5. The first kappa shape index (κ1) is 28.9. The van der Waals surface area contributed by atoms with Crippen molar-refractivity contribution in [2.24, 2.45) is 11.8 Å². The predicted molar refractivity (Wildman–Crippen MR) is 125 cm³/mol. The normalized spacial score (nSPS) is 13.1. The Morgan fingerprint density at radius 3 is 1.40 bits per heavy atom. The number of esters is 2. The van der Waals surface area contributed by atoms with Crippen LogP contribution in [0, 0.1) is 11.8 Å². The Balaban J connectivity index is 3.42. The summed E-state index contributed by atoms with van der Waals surface area (Å²) in [4.78, 5) is 22.9. The van der Waals surface area contributed by atoms with Crippen molar-refractivity contribution in [2.45, 2.75) is 129 Å². The van der Waals surface area contributed by atoms with Gasteiger partial charge in [0.2, 0.25) is 0 Å². The number of hydrogen-bond donors (Lipinski definition) is 0. The molecule has 0 rings (SSSR count). The molecule has 4 heteroatoms. The molecule has 0 aliphatic carbocycles. The molecule has 4 nitrogen and oxygen atoms in total. The molecule has 0 saturated carbocycles. The van der Waals surface area contributed by atoms with Gasteiger partial charge in [-0.25, -0.2) is 0 Å². The average molecular weight is 427 g/mol. The van der Waals surface area contributed by atoms with Crippen molar-refractivity contribution in [3.63, 3.8) is 0 Å². The summed E-state index contributed by atoms with van der Waals surface area (Å²) in [7, 11) is 2.97. The number of carbonyl (C=O) groups is 2. The van der Waals surface area contributed by atoms with Crippen LogP contribution in [-0.4, -0.2) is 26.2 Å². The highest BCUT2D eigenvalue weighted by Crippen LogP contribution is 2.26. The van der Waals surface area contributed by atoms with E-state index in [-0.39, 0.29) is 17.9 Å². The third-order valence-corrected chi connectivity index (χ3v) is 6.47. The van der Waals surface area contributed by atoms with E-state index >= 15 is 0 Å². The van der Waals surface area contributed by atoms with Gasteiger partial charge in [-0.15, -0.1) is 0 Å². The Morgan fingerprint density at radius 2 is 1.03 bits per heavy atom. The van der Waals surface area contributed by atoms with E-state index in [1.54, 1.807) is 0 Å². The van der Waals surface area contributed by atoms with Crippen molar-refractivity contribution in [1.29, 1.82) is 0 Å². The summed E-state index contributed by atoms with van der Waals surface area (Å²) in [5, 5.41) is 0. The third-order valence-electron chi connectivity index (χ3n) is 6.47. The molecule has 0 bridgehead atoms. The van der Waals surface area contributed by atoms with Crippen molar-refractivity contribution in [3.8, 4) is 0 Å². The maximum Gasteiger partial charge on any atom is 0.308 e. The van der Waals surface area contributed by atoms with Gasteiger partial charge >= 0.3 is 11.9 Å². The van der Waals surface area contributed by atoms with Gasteiger partial charge in [-0.1, -0.05) is 104 Å². The molecule has 2 unspecified atom stereocenters. The third kappa shape index (κ3) is 15.7. The lowest BCUT2D eigenvalue weighted by Crippen LogP contribution is -2.24. The van der Waals surface area contributed by atoms with E-state index in [1.807, 2.05) is 0 Å². The van der Waals surface area contributed by atoms with Crippen LogP contribution >= 0.6 is 0 Å². The Hall–Kier alpha value is -1.06. The number of carbonyl (C=O) groups excluding carboxylic acids is 2. The summed E-state index contributed by atoms with van der Waals surface area (Å²) in [5.41, 5.74) is 0. The van der Waals surface area contributed by atoms with E-state index in [2.05, 4.69) is 18.6 Å². The maximum atomic E-state index is 11.9. The Bertz CT molecular complexity index is 408. The average Bonchev–Trinajstić information content (AvgIpc) is 2.77. The molecule has 0 aliphatic heterocycles. The zero-order valence-corrected chi connectivity index (χ0v) is 20.5. The molecule has 0 fully saturated rings. The summed E-state index contributed by atoms with van der Waals surface area (Å²) in [6, 6.07) is 0. The molecule has 178 valence electrons. The Morgan fingerprint density at radius 1 is 0.600 bits per heavy atom. The van der Waals surface area contributed by atoms with Crippen molar-refractivity contribution < 1.29 is 19.1 Å². The minimum atomic E-state index is -0.0798. The standard InChI is InChI=1S/C26H50O4/c1-5-23(24(6-2)26(28)30-4)21-19-17-15-13-11-9-7-8-10-12-14-16-18-20-22-25(27)29-3/h23-24H,5-22H2,1-4H3. The quantitative estimate of drug-likeness (QED) is 0.140. The second kappa shape index (κ2) is 21.2. The number of unbranched alkanes of at least 4 members (excludes halogenated alkanes) is 13. The Labute approximate surface area is 186 Å². The summed E-state index contributed by atoms with van der Waals surface area (Å²) < 4.78 is 9.63. The van der Waals surface area contributed by atoms with Crippen LogP contribution in [0.25, 0.3) is 0 Å². The summed E-state index contributed by atoms with van der Waals surface area (Å²) in [6.07, 6.45) is 21.7. The first-order valence-electron chi connectivity index (χ1n) is 12.7. The first-order valence-corrected chi connectivity index (χ1v) is 12.7. The number of rotatable bonds is 21. The topological polar surface area (TPSA) is 52.6 Å². The van der Waals surface area contributed by atoms with E-state index in [1.165, 1.54) is 91.3 Å². The highest BCUT2D eigenvalue weighted by molar-refractivity contribution is 5.72. The van der Waals surface area contributed by atoms with Gasteiger partial charge in [-0.05, 0) is 25.2 Å². The molecule has 0 aliphatic rings. The largest absolute Gasteiger partial charge is 0.469 e. The fourth-order valence-electron chi connectivity index (χ4n) is 4.43. The van der Waals surface area contributed by atoms with Crippen molar-refractivity contribution >= 4 is 11.9 Å². The maximum absolute atomic E-state index is 11.9. The Kier molecular flexibility index (Phi) is 20.4. The van der Waals surface area contributed by atoms with Gasteiger partial charge in [0.15, 0.2) is 0 Å². The first-order chi connectivity index (χ1) is 14.6. The molecular weight excluding hydrogens is 376 g/mol. The molecule has 0 aromatic heterocycles. The highest BCUT2D eigenvalue weighted by atomic mass is 16.5. The van der Waals surface area contributed by atoms with Gasteiger partial charge in [0.1, 0.15) is 0 Å². The highest BCUT2D eigenvalue weighted by Gasteiger charge is 2.25. The second-order valence-corrected chi connectivity index (χ2v) is 8.77. The summed E-state index contributed by atoms with van der Waals surface area (Å²) in [5.74, 6) is 0.460. The van der Waals surface area contributed by atoms with E-state index in [4.69, 9.17) is 4.74 Å². The van der Waals surface area contributed by atoms with Crippen LogP contribution in [0.3, 0.4) is 0 Å². The molecule has 0 radical (unpaired) electrons. The summed E-state index contributed by atoms with van der Waals surface area (Å²) >= 11 is 0. The van der Waals surface area contributed by atoms with E-state index < -0.39 is 0 Å². The molecule has 2 atom stereocenters. The molecule has 30 heavy (non-hydrogen) atoms. The van der Waals surface area contributed by atoms with Gasteiger partial charge in [0.25, 0.3) is 0 Å². The fourth-order valence-corrected chi connectivity index (χ4v) is 4.43. The van der Waals surface area contributed by atoms with Gasteiger partial charge in [0.05, 0.1) is 20.1 Å². The van der Waals surface area contributed by atoms with E-state index in [0.717, 1.165) is 32.1 Å². The molecule has 0 aromatic carbocycles. The lowest BCUT2D eigenvalue weighted by atomic mass is 9.84. The van der Waals surface area contributed by atoms with Gasteiger partial charge in [-0.2, -0.15) is 0 Å². The van der Waals surface area contributed by atoms with Crippen LogP contribution in [0.15, 0.2) is 0 Å². The molecule has 0 spiro atoms. The van der Waals surface area contributed by atoms with Gasteiger partial charge < -0.3 is 9.47 Å². The second-order valence-electron chi connectivity index (χ2n) is 8.77. The molecule has 0 N–H and O–H groups in total. The molecule has 0 aromatic rings. The number of methoxy groups -OCH3 is 2. The van der Waals surface area contributed by atoms with Crippen LogP contribution in [0.5, 0.6) is 0 Å². The molecule has 0 heterocycles. The zero-order valence-electron chi connectivity index (χ0n) is 20.5. The van der Waals surface area contributed by atoms with Crippen LogP contribution in [-0.2, 0) is 19.1 Å². The van der Waals surface area contributed by atoms with E-state index in [0.29, 0.717) is 12.3 Å². The predicted octanol–water partition coefficient (Wildman–Crippen LogP) is 7.63. The van der Waals surface area contributed by atoms with Crippen LogP contribution in [0.1, 0.15) is 129 Å². The van der Waals surface area contributed by atoms with Crippen molar-refractivity contribution in [1.82, 2.24) is 0 Å². The minimum Gasteiger partial charge on any atom is -0.469 e. The molecular formula is C26H50O4. The monoisotopic (exact) mass is 426 g/mol. The van der Waals surface area contributed by atoms with Crippen LogP contribution < -0.4 is 0 Å². The molecule has 0 amide bonds. The van der Waals surface area contributed by atoms with Crippen molar-refractivity contribution in [3.05, 3.63) is 0 Å². The van der Waals surface area contributed by atoms with Gasteiger partial charge in [-0.3, -0.25) is 9.59 Å². The van der Waals surface area contributed by atoms with Crippen LogP contribution in [0.4, 0.5) is 0 Å². The summed E-state index contributed by atoms with van der Waals surface area (Å²) in [6.45, 7) is 4.29. The molecule has 0 saturated heterocycles. The van der Waals surface area contributed by atoms with E-state index in [9.17, 15) is 9.59 Å².